The van der Waals surface area contributed by atoms with Gasteiger partial charge >= 0.3 is 0 Å². The fraction of sp³-hybridized carbons (Fsp3) is 0.471. The quantitative estimate of drug-likeness (QED) is 0.175. The summed E-state index contributed by atoms with van der Waals surface area (Å²) < 4.78 is 0. The van der Waals surface area contributed by atoms with Crippen LogP contribution in [-0.2, 0) is 6.54 Å². The standard InChI is InChI=1S/C17H24N4O2.HI/c1-18-17(19-11-10-14-6-3-2-4-7-14)20-13-15-8-5-9-16(12-15)21(22)23;/h5-6,8-9,12H,2-4,7,10-11,13H2,1H3,(H2,18,19,20);1H. The molecule has 2 N–H and O–H groups in total. The van der Waals surface area contributed by atoms with Crippen LogP contribution in [0.15, 0.2) is 40.9 Å². The average Bonchev–Trinajstić information content (AvgIpc) is 2.59. The van der Waals surface area contributed by atoms with E-state index in [9.17, 15) is 10.1 Å². The molecule has 0 unspecified atom stereocenters. The Morgan fingerprint density at radius 2 is 2.17 bits per heavy atom. The number of nitro benzene ring substituents is 1. The van der Waals surface area contributed by atoms with Gasteiger partial charge in [0.2, 0.25) is 0 Å². The SMILES string of the molecule is CN=C(NCCC1=CCCCC1)NCc1cccc([N+](=O)[O-])c1.I. The normalized spacial score (nSPS) is 14.4. The molecule has 2 rings (SSSR count). The van der Waals surface area contributed by atoms with Crippen LogP contribution in [0.5, 0.6) is 0 Å². The molecule has 0 heterocycles. The van der Waals surface area contributed by atoms with Crippen LogP contribution in [-0.4, -0.2) is 24.5 Å². The lowest BCUT2D eigenvalue weighted by Gasteiger charge is -2.15. The summed E-state index contributed by atoms with van der Waals surface area (Å²) in [5.74, 6) is 0.716. The minimum atomic E-state index is -0.380. The van der Waals surface area contributed by atoms with Crippen molar-refractivity contribution < 1.29 is 4.92 Å². The van der Waals surface area contributed by atoms with Crippen molar-refractivity contribution in [3.8, 4) is 0 Å². The van der Waals surface area contributed by atoms with E-state index in [2.05, 4.69) is 21.7 Å². The minimum Gasteiger partial charge on any atom is -0.356 e. The summed E-state index contributed by atoms with van der Waals surface area (Å²) in [5, 5.41) is 17.3. The highest BCUT2D eigenvalue weighted by Crippen LogP contribution is 2.19. The largest absolute Gasteiger partial charge is 0.356 e. The van der Waals surface area contributed by atoms with E-state index in [0.29, 0.717) is 12.5 Å². The molecule has 0 spiro atoms. The second kappa shape index (κ2) is 11.0. The van der Waals surface area contributed by atoms with E-state index in [0.717, 1.165) is 18.5 Å². The summed E-state index contributed by atoms with van der Waals surface area (Å²) in [6.45, 7) is 1.35. The Bertz CT molecular complexity index is 602. The summed E-state index contributed by atoms with van der Waals surface area (Å²) in [6.07, 6.45) is 8.41. The van der Waals surface area contributed by atoms with Gasteiger partial charge in [0.1, 0.15) is 0 Å². The third-order valence-corrected chi connectivity index (χ3v) is 3.93. The Morgan fingerprint density at radius 3 is 2.83 bits per heavy atom. The van der Waals surface area contributed by atoms with Gasteiger partial charge in [-0.2, -0.15) is 0 Å². The highest BCUT2D eigenvalue weighted by Gasteiger charge is 2.07. The van der Waals surface area contributed by atoms with E-state index in [-0.39, 0.29) is 34.6 Å². The van der Waals surface area contributed by atoms with Crippen LogP contribution in [0.3, 0.4) is 0 Å². The van der Waals surface area contributed by atoms with Crippen molar-refractivity contribution in [1.29, 1.82) is 0 Å². The lowest BCUT2D eigenvalue weighted by atomic mass is 9.97. The number of nitro groups is 1. The van der Waals surface area contributed by atoms with E-state index in [1.807, 2.05) is 6.07 Å². The molecular formula is C17H25IN4O2. The highest BCUT2D eigenvalue weighted by atomic mass is 127. The second-order valence-corrected chi connectivity index (χ2v) is 5.64. The lowest BCUT2D eigenvalue weighted by Crippen LogP contribution is -2.37. The average molecular weight is 444 g/mol. The van der Waals surface area contributed by atoms with Gasteiger partial charge in [0.25, 0.3) is 5.69 Å². The van der Waals surface area contributed by atoms with E-state index in [1.165, 1.54) is 37.3 Å². The van der Waals surface area contributed by atoms with Crippen molar-refractivity contribution in [1.82, 2.24) is 10.6 Å². The Balaban J connectivity index is 0.00000288. The van der Waals surface area contributed by atoms with Gasteiger partial charge < -0.3 is 10.6 Å². The van der Waals surface area contributed by atoms with Crippen LogP contribution in [0.1, 0.15) is 37.7 Å². The lowest BCUT2D eigenvalue weighted by molar-refractivity contribution is -0.384. The second-order valence-electron chi connectivity index (χ2n) is 5.64. The monoisotopic (exact) mass is 444 g/mol. The van der Waals surface area contributed by atoms with Gasteiger partial charge in [-0.25, -0.2) is 0 Å². The van der Waals surface area contributed by atoms with Gasteiger partial charge in [0.15, 0.2) is 5.96 Å². The molecule has 0 aromatic heterocycles. The number of halogens is 1. The zero-order valence-corrected chi connectivity index (χ0v) is 16.3. The third kappa shape index (κ3) is 6.86. The van der Waals surface area contributed by atoms with Gasteiger partial charge in [-0.15, -0.1) is 24.0 Å². The van der Waals surface area contributed by atoms with Crippen molar-refractivity contribution in [2.24, 2.45) is 4.99 Å². The fourth-order valence-electron chi connectivity index (χ4n) is 2.66. The molecule has 0 radical (unpaired) electrons. The first-order chi connectivity index (χ1) is 11.2. The van der Waals surface area contributed by atoms with Crippen LogP contribution in [0, 0.1) is 10.1 Å². The molecular weight excluding hydrogens is 419 g/mol. The van der Waals surface area contributed by atoms with Crippen molar-refractivity contribution in [3.05, 3.63) is 51.6 Å². The molecule has 1 aliphatic carbocycles. The summed E-state index contributed by atoms with van der Waals surface area (Å²) in [5.41, 5.74) is 2.49. The maximum Gasteiger partial charge on any atom is 0.269 e. The predicted octanol–water partition coefficient (Wildman–Crippen LogP) is 3.77. The molecule has 1 aromatic rings. The number of nitrogens with zero attached hydrogens (tertiary/aromatic N) is 2. The van der Waals surface area contributed by atoms with E-state index in [4.69, 9.17) is 0 Å². The third-order valence-electron chi connectivity index (χ3n) is 3.93. The summed E-state index contributed by atoms with van der Waals surface area (Å²) >= 11 is 0. The number of aliphatic imine (C=N–C) groups is 1. The highest BCUT2D eigenvalue weighted by molar-refractivity contribution is 14.0. The van der Waals surface area contributed by atoms with Gasteiger partial charge in [-0.05, 0) is 37.7 Å². The molecule has 0 amide bonds. The number of rotatable bonds is 6. The van der Waals surface area contributed by atoms with Crippen LogP contribution in [0.2, 0.25) is 0 Å². The van der Waals surface area contributed by atoms with Gasteiger partial charge in [0, 0.05) is 32.3 Å². The van der Waals surface area contributed by atoms with Crippen molar-refractivity contribution in [2.45, 2.75) is 38.6 Å². The van der Waals surface area contributed by atoms with Crippen LogP contribution in [0.4, 0.5) is 5.69 Å². The maximum atomic E-state index is 10.8. The molecule has 132 valence electrons. The maximum absolute atomic E-state index is 10.8. The predicted molar refractivity (Wildman–Crippen MR) is 108 cm³/mol. The molecule has 0 saturated heterocycles. The minimum absolute atomic E-state index is 0. The van der Waals surface area contributed by atoms with E-state index < -0.39 is 0 Å². The number of allylic oxidation sites excluding steroid dienone is 1. The molecule has 7 heteroatoms. The Kier molecular flexibility index (Phi) is 9.36. The number of hydrogen-bond acceptors (Lipinski definition) is 3. The zero-order chi connectivity index (χ0) is 16.5. The van der Waals surface area contributed by atoms with Gasteiger partial charge in [-0.3, -0.25) is 15.1 Å². The molecule has 0 aliphatic heterocycles. The number of benzene rings is 1. The smallest absolute Gasteiger partial charge is 0.269 e. The van der Waals surface area contributed by atoms with Gasteiger partial charge in [0.05, 0.1) is 4.92 Å². The first-order valence-electron chi connectivity index (χ1n) is 8.05. The molecule has 6 nitrogen and oxygen atoms in total. The summed E-state index contributed by atoms with van der Waals surface area (Å²) in [7, 11) is 1.72. The van der Waals surface area contributed by atoms with E-state index >= 15 is 0 Å². The van der Waals surface area contributed by atoms with Crippen molar-refractivity contribution in [3.63, 3.8) is 0 Å². The van der Waals surface area contributed by atoms with Gasteiger partial charge in [-0.1, -0.05) is 23.8 Å². The Morgan fingerprint density at radius 1 is 1.33 bits per heavy atom. The number of hydrogen-bond donors (Lipinski definition) is 2. The first-order valence-corrected chi connectivity index (χ1v) is 8.05. The van der Waals surface area contributed by atoms with Crippen LogP contribution in [0.25, 0.3) is 0 Å². The summed E-state index contributed by atoms with van der Waals surface area (Å²) in [4.78, 5) is 14.6. The van der Waals surface area contributed by atoms with Crippen LogP contribution < -0.4 is 10.6 Å². The molecule has 0 bridgehead atoms. The van der Waals surface area contributed by atoms with Crippen molar-refractivity contribution in [2.75, 3.05) is 13.6 Å². The Hall–Kier alpha value is -1.64. The van der Waals surface area contributed by atoms with Crippen molar-refractivity contribution >= 4 is 35.6 Å². The number of guanidine groups is 1. The van der Waals surface area contributed by atoms with Crippen LogP contribution >= 0.6 is 24.0 Å². The van der Waals surface area contributed by atoms with E-state index in [1.54, 1.807) is 19.2 Å². The Labute approximate surface area is 160 Å². The molecule has 0 saturated carbocycles. The zero-order valence-electron chi connectivity index (χ0n) is 14.0. The number of nitrogens with one attached hydrogen (secondary N) is 2. The molecule has 0 fully saturated rings. The summed E-state index contributed by atoms with van der Waals surface area (Å²) in [6, 6.07) is 6.63. The first kappa shape index (κ1) is 20.4. The molecule has 1 aliphatic rings. The molecule has 1 aromatic carbocycles. The topological polar surface area (TPSA) is 79.6 Å². The molecule has 24 heavy (non-hydrogen) atoms. The molecule has 0 atom stereocenters. The number of non-ortho nitro benzene ring substituents is 1. The fourth-order valence-corrected chi connectivity index (χ4v) is 2.66.